The highest BCUT2D eigenvalue weighted by Gasteiger charge is 2.18. The highest BCUT2D eigenvalue weighted by molar-refractivity contribution is 7.19. The molecule has 0 spiro atoms. The first kappa shape index (κ1) is 22.0. The third kappa shape index (κ3) is 5.55. The third-order valence-corrected chi connectivity index (χ3v) is 6.83. The molecule has 3 aromatic heterocycles. The predicted octanol–water partition coefficient (Wildman–Crippen LogP) is 6.98. The summed E-state index contributed by atoms with van der Waals surface area (Å²) in [6.07, 6.45) is 8.10. The van der Waals surface area contributed by atoms with Crippen molar-refractivity contribution < 1.29 is 9.47 Å². The van der Waals surface area contributed by atoms with E-state index in [1.807, 2.05) is 31.2 Å². The first-order valence-corrected chi connectivity index (χ1v) is 12.1. The van der Waals surface area contributed by atoms with Gasteiger partial charge in [-0.1, -0.05) is 31.9 Å². The average molecular weight is 458 g/mol. The van der Waals surface area contributed by atoms with Gasteiger partial charge in [0.2, 0.25) is 0 Å². The van der Waals surface area contributed by atoms with Gasteiger partial charge in [-0.15, -0.1) is 11.3 Å². The van der Waals surface area contributed by atoms with Crippen LogP contribution in [-0.2, 0) is 6.61 Å². The van der Waals surface area contributed by atoms with Crippen molar-refractivity contribution in [1.82, 2.24) is 15.0 Å². The summed E-state index contributed by atoms with van der Waals surface area (Å²) in [5.74, 6) is 1.19. The Morgan fingerprint density at radius 2 is 1.94 bits per heavy atom. The van der Waals surface area contributed by atoms with Gasteiger partial charge < -0.3 is 9.47 Å². The Kier molecular flexibility index (Phi) is 7.08. The van der Waals surface area contributed by atoms with Crippen LogP contribution in [-0.4, -0.2) is 21.1 Å². The van der Waals surface area contributed by atoms with Gasteiger partial charge in [-0.2, -0.15) is 4.98 Å². The number of aromatic nitrogens is 3. The Labute approximate surface area is 192 Å². The summed E-state index contributed by atoms with van der Waals surface area (Å²) in [4.78, 5) is 14.5. The van der Waals surface area contributed by atoms with Crippen LogP contribution in [0.15, 0.2) is 30.5 Å². The lowest BCUT2D eigenvalue weighted by molar-refractivity contribution is 0.153. The molecule has 0 radical (unpaired) electrons. The molecule has 3 heterocycles. The van der Waals surface area contributed by atoms with E-state index in [1.54, 1.807) is 6.20 Å². The fraction of sp³-hybridized carbons (Fsp3) is 0.458. The van der Waals surface area contributed by atoms with E-state index in [-0.39, 0.29) is 0 Å². The van der Waals surface area contributed by atoms with Crippen LogP contribution >= 0.6 is 22.9 Å². The molecular formula is C24H28ClN3O2S. The van der Waals surface area contributed by atoms with Crippen LogP contribution < -0.4 is 9.47 Å². The maximum absolute atomic E-state index is 6.34. The van der Waals surface area contributed by atoms with Gasteiger partial charge in [0.25, 0.3) is 0 Å². The molecule has 0 aliphatic heterocycles. The van der Waals surface area contributed by atoms with E-state index in [9.17, 15) is 0 Å². The minimum absolute atomic E-state index is 0.307. The molecule has 0 aromatic carbocycles. The van der Waals surface area contributed by atoms with Crippen LogP contribution in [0.1, 0.15) is 68.8 Å². The second-order valence-corrected chi connectivity index (χ2v) is 9.95. The fourth-order valence-corrected chi connectivity index (χ4v) is 4.99. The van der Waals surface area contributed by atoms with Gasteiger partial charge in [0.1, 0.15) is 12.4 Å². The Bertz CT molecular complexity index is 1030. The number of hydrogen-bond donors (Lipinski definition) is 0. The van der Waals surface area contributed by atoms with Crippen LogP contribution in [0.2, 0.25) is 4.34 Å². The average Bonchev–Trinajstić information content (AvgIpc) is 3.15. The number of aryl methyl sites for hydroxylation is 1. The Morgan fingerprint density at radius 1 is 1.13 bits per heavy atom. The summed E-state index contributed by atoms with van der Waals surface area (Å²) in [7, 11) is 0. The molecule has 0 saturated heterocycles. The molecule has 4 rings (SSSR count). The van der Waals surface area contributed by atoms with E-state index in [2.05, 4.69) is 23.8 Å². The standard InChI is InChI=1S/C24H28ClN3O2S/c1-15(2)19-11-12-26-24(28-19)29-14-17-13-22(25)31-23(17)20-9-10-21(16(3)27-20)30-18-7-5-4-6-8-18/h9-13,15,18H,4-8,14H2,1-3H3. The minimum atomic E-state index is 0.307. The molecule has 0 atom stereocenters. The largest absolute Gasteiger partial charge is 0.489 e. The van der Waals surface area contributed by atoms with Gasteiger partial charge >= 0.3 is 6.01 Å². The summed E-state index contributed by atoms with van der Waals surface area (Å²) >= 11 is 7.85. The van der Waals surface area contributed by atoms with E-state index in [4.69, 9.17) is 26.1 Å². The van der Waals surface area contributed by atoms with Gasteiger partial charge in [-0.05, 0) is 62.8 Å². The lowest BCUT2D eigenvalue weighted by Crippen LogP contribution is -2.20. The summed E-state index contributed by atoms with van der Waals surface area (Å²) in [6, 6.07) is 8.25. The monoisotopic (exact) mass is 457 g/mol. The zero-order valence-corrected chi connectivity index (χ0v) is 19.8. The van der Waals surface area contributed by atoms with Crippen LogP contribution in [0.3, 0.4) is 0 Å². The smallest absolute Gasteiger partial charge is 0.316 e. The van der Waals surface area contributed by atoms with Crippen molar-refractivity contribution in [3.63, 3.8) is 0 Å². The molecule has 1 fully saturated rings. The van der Waals surface area contributed by atoms with Crippen molar-refractivity contribution in [3.05, 3.63) is 51.7 Å². The predicted molar refractivity (Wildman–Crippen MR) is 125 cm³/mol. The molecule has 0 N–H and O–H groups in total. The number of rotatable bonds is 7. The molecule has 0 bridgehead atoms. The van der Waals surface area contributed by atoms with Crippen LogP contribution in [0.5, 0.6) is 11.8 Å². The van der Waals surface area contributed by atoms with Gasteiger partial charge in [0.05, 0.1) is 32.4 Å². The van der Waals surface area contributed by atoms with E-state index in [1.165, 1.54) is 30.6 Å². The molecule has 1 aliphatic carbocycles. The highest BCUT2D eigenvalue weighted by atomic mass is 35.5. The number of hydrogen-bond acceptors (Lipinski definition) is 6. The Hall–Kier alpha value is -2.18. The quantitative estimate of drug-likeness (QED) is 0.383. The Morgan fingerprint density at radius 3 is 2.68 bits per heavy atom. The molecule has 0 unspecified atom stereocenters. The zero-order chi connectivity index (χ0) is 21.8. The van der Waals surface area contributed by atoms with Crippen molar-refractivity contribution in [3.8, 4) is 22.3 Å². The van der Waals surface area contributed by atoms with Crippen molar-refractivity contribution in [2.75, 3.05) is 0 Å². The van der Waals surface area contributed by atoms with E-state index < -0.39 is 0 Å². The molecular weight excluding hydrogens is 430 g/mol. The first-order chi connectivity index (χ1) is 15.0. The van der Waals surface area contributed by atoms with Gasteiger partial charge in [0.15, 0.2) is 0 Å². The Balaban J connectivity index is 1.50. The molecule has 5 nitrogen and oxygen atoms in total. The molecule has 1 saturated carbocycles. The number of halogens is 1. The van der Waals surface area contributed by atoms with Gasteiger partial charge in [-0.3, -0.25) is 0 Å². The van der Waals surface area contributed by atoms with E-state index in [0.29, 0.717) is 29.0 Å². The van der Waals surface area contributed by atoms with Gasteiger partial charge in [-0.25, -0.2) is 9.97 Å². The second-order valence-electron chi connectivity index (χ2n) is 8.27. The summed E-state index contributed by atoms with van der Waals surface area (Å²) in [5.41, 5.74) is 3.70. The summed E-state index contributed by atoms with van der Waals surface area (Å²) in [6.45, 7) is 6.52. The summed E-state index contributed by atoms with van der Waals surface area (Å²) < 4.78 is 12.8. The summed E-state index contributed by atoms with van der Waals surface area (Å²) in [5, 5.41) is 0. The fourth-order valence-electron chi connectivity index (χ4n) is 3.77. The molecule has 3 aromatic rings. The second kappa shape index (κ2) is 9.96. The van der Waals surface area contributed by atoms with Gasteiger partial charge in [0, 0.05) is 11.8 Å². The maximum Gasteiger partial charge on any atom is 0.316 e. The van der Waals surface area contributed by atoms with Crippen molar-refractivity contribution >= 4 is 22.9 Å². The van der Waals surface area contributed by atoms with Crippen molar-refractivity contribution in [2.24, 2.45) is 0 Å². The molecule has 0 amide bonds. The SMILES string of the molecule is Cc1nc(-c2sc(Cl)cc2COc2nccc(C(C)C)n2)ccc1OC1CCCCC1. The third-order valence-electron chi connectivity index (χ3n) is 5.50. The molecule has 7 heteroatoms. The van der Waals surface area contributed by atoms with Crippen LogP contribution in [0.4, 0.5) is 0 Å². The number of nitrogens with zero attached hydrogens (tertiary/aromatic N) is 3. The van der Waals surface area contributed by atoms with Crippen LogP contribution in [0, 0.1) is 6.92 Å². The maximum atomic E-state index is 6.34. The van der Waals surface area contributed by atoms with E-state index in [0.717, 1.165) is 46.1 Å². The van der Waals surface area contributed by atoms with Crippen LogP contribution in [0.25, 0.3) is 10.6 Å². The van der Waals surface area contributed by atoms with E-state index >= 15 is 0 Å². The lowest BCUT2D eigenvalue weighted by atomic mass is 9.98. The normalized spacial score (nSPS) is 14.7. The topological polar surface area (TPSA) is 57.1 Å². The van der Waals surface area contributed by atoms with Crippen molar-refractivity contribution in [1.29, 1.82) is 0 Å². The minimum Gasteiger partial charge on any atom is -0.489 e. The number of thiophene rings is 1. The lowest BCUT2D eigenvalue weighted by Gasteiger charge is -2.23. The highest BCUT2D eigenvalue weighted by Crippen LogP contribution is 2.36. The molecule has 164 valence electrons. The zero-order valence-electron chi connectivity index (χ0n) is 18.2. The number of pyridine rings is 1. The first-order valence-electron chi connectivity index (χ1n) is 10.9. The molecule has 31 heavy (non-hydrogen) atoms. The molecule has 1 aliphatic rings. The van der Waals surface area contributed by atoms with Crippen molar-refractivity contribution in [2.45, 2.75) is 71.5 Å². The number of ether oxygens (including phenoxy) is 2.